The molecular formula is C15H21BrCl2N2. The number of anilines is 1. The molecule has 1 heterocycles. The van der Waals surface area contributed by atoms with Gasteiger partial charge < -0.3 is 10.2 Å². The van der Waals surface area contributed by atoms with Crippen LogP contribution in [0.1, 0.15) is 27.2 Å². The zero-order valence-electron chi connectivity index (χ0n) is 12.1. The van der Waals surface area contributed by atoms with Crippen LogP contribution in [0.15, 0.2) is 16.6 Å². The van der Waals surface area contributed by atoms with Gasteiger partial charge >= 0.3 is 0 Å². The largest absolute Gasteiger partial charge is 0.369 e. The second-order valence-electron chi connectivity index (χ2n) is 6.37. The number of hydrogen-bond acceptors (Lipinski definition) is 2. The highest BCUT2D eigenvalue weighted by atomic mass is 79.9. The van der Waals surface area contributed by atoms with Crippen LogP contribution in [0, 0.1) is 5.41 Å². The molecule has 1 saturated heterocycles. The Hall–Kier alpha value is 0.0400. The van der Waals surface area contributed by atoms with E-state index in [1.807, 2.05) is 12.1 Å². The summed E-state index contributed by atoms with van der Waals surface area (Å²) in [5.41, 5.74) is 1.24. The summed E-state index contributed by atoms with van der Waals surface area (Å²) in [6, 6.07) is 4.44. The monoisotopic (exact) mass is 378 g/mol. The molecule has 0 radical (unpaired) electrons. The van der Waals surface area contributed by atoms with E-state index in [1.165, 1.54) is 0 Å². The topological polar surface area (TPSA) is 15.3 Å². The van der Waals surface area contributed by atoms with Crippen molar-refractivity contribution in [3.8, 4) is 0 Å². The van der Waals surface area contributed by atoms with Crippen molar-refractivity contribution >= 4 is 44.8 Å². The van der Waals surface area contributed by atoms with E-state index in [0.29, 0.717) is 16.1 Å². The van der Waals surface area contributed by atoms with Crippen LogP contribution in [0.3, 0.4) is 0 Å². The Balaban J connectivity index is 2.29. The molecule has 0 spiro atoms. The van der Waals surface area contributed by atoms with E-state index in [4.69, 9.17) is 23.2 Å². The summed E-state index contributed by atoms with van der Waals surface area (Å²) in [5, 5.41) is 4.87. The van der Waals surface area contributed by atoms with E-state index < -0.39 is 0 Å². The van der Waals surface area contributed by atoms with Gasteiger partial charge in [-0.1, -0.05) is 44.0 Å². The first-order valence-corrected chi connectivity index (χ1v) is 8.47. The van der Waals surface area contributed by atoms with Crippen molar-refractivity contribution in [2.24, 2.45) is 5.41 Å². The zero-order valence-corrected chi connectivity index (χ0v) is 15.2. The summed E-state index contributed by atoms with van der Waals surface area (Å²) in [6.45, 7) is 9.79. The van der Waals surface area contributed by atoms with Gasteiger partial charge in [-0.25, -0.2) is 0 Å². The van der Waals surface area contributed by atoms with Crippen molar-refractivity contribution in [3.63, 3.8) is 0 Å². The van der Waals surface area contributed by atoms with Crippen LogP contribution in [0.4, 0.5) is 5.69 Å². The molecule has 0 saturated carbocycles. The number of halogens is 3. The Morgan fingerprint density at radius 3 is 2.60 bits per heavy atom. The Bertz CT molecular complexity index is 485. The van der Waals surface area contributed by atoms with Gasteiger partial charge in [0.15, 0.2) is 0 Å². The molecule has 20 heavy (non-hydrogen) atoms. The molecule has 1 atom stereocenters. The summed E-state index contributed by atoms with van der Waals surface area (Å²) in [6.07, 6.45) is 1.11. The molecule has 1 unspecified atom stereocenters. The first kappa shape index (κ1) is 16.4. The second-order valence-corrected chi connectivity index (χ2v) is 7.98. The summed E-state index contributed by atoms with van der Waals surface area (Å²) < 4.78 is 0.841. The molecule has 2 nitrogen and oxygen atoms in total. The summed E-state index contributed by atoms with van der Waals surface area (Å²) >= 11 is 16.1. The van der Waals surface area contributed by atoms with Crippen molar-refractivity contribution < 1.29 is 0 Å². The normalized spacial score (nSPS) is 20.9. The Kier molecular flexibility index (Phi) is 5.28. The van der Waals surface area contributed by atoms with Crippen LogP contribution >= 0.6 is 39.1 Å². The van der Waals surface area contributed by atoms with E-state index in [0.717, 1.165) is 36.2 Å². The Morgan fingerprint density at radius 1 is 1.25 bits per heavy atom. The third-order valence-corrected chi connectivity index (χ3v) is 5.56. The quantitative estimate of drug-likeness (QED) is 0.693. The first-order chi connectivity index (χ1) is 9.30. The summed E-state index contributed by atoms with van der Waals surface area (Å²) in [5.74, 6) is 0. The number of benzene rings is 1. The zero-order chi connectivity index (χ0) is 14.9. The van der Waals surface area contributed by atoms with Gasteiger partial charge in [-0.05, 0) is 46.4 Å². The van der Waals surface area contributed by atoms with Crippen molar-refractivity contribution in [2.75, 3.05) is 24.5 Å². The molecule has 1 N–H and O–H groups in total. The van der Waals surface area contributed by atoms with Crippen molar-refractivity contribution in [1.82, 2.24) is 5.32 Å². The van der Waals surface area contributed by atoms with E-state index in [-0.39, 0.29) is 5.41 Å². The lowest BCUT2D eigenvalue weighted by Gasteiger charge is -2.35. The highest BCUT2D eigenvalue weighted by molar-refractivity contribution is 9.10. The van der Waals surface area contributed by atoms with Gasteiger partial charge in [0.1, 0.15) is 0 Å². The number of nitrogens with one attached hydrogen (secondary N) is 1. The average molecular weight is 380 g/mol. The molecular weight excluding hydrogens is 359 g/mol. The third-order valence-electron chi connectivity index (χ3n) is 3.80. The molecule has 1 aromatic rings. The maximum atomic E-state index is 6.42. The fourth-order valence-corrected chi connectivity index (χ4v) is 3.37. The maximum Gasteiger partial charge on any atom is 0.0837 e. The molecule has 0 bridgehead atoms. The van der Waals surface area contributed by atoms with Gasteiger partial charge in [0, 0.05) is 23.6 Å². The van der Waals surface area contributed by atoms with E-state index in [2.05, 4.69) is 46.9 Å². The molecule has 1 aromatic carbocycles. The Morgan fingerprint density at radius 2 is 1.95 bits per heavy atom. The van der Waals surface area contributed by atoms with Gasteiger partial charge in [-0.15, -0.1) is 0 Å². The minimum atomic E-state index is 0.216. The predicted octanol–water partition coefficient (Wildman–Crippen LogP) is 4.97. The van der Waals surface area contributed by atoms with E-state index >= 15 is 0 Å². The molecule has 0 aliphatic carbocycles. The van der Waals surface area contributed by atoms with Gasteiger partial charge in [-0.2, -0.15) is 0 Å². The molecule has 1 fully saturated rings. The smallest absolute Gasteiger partial charge is 0.0837 e. The van der Waals surface area contributed by atoms with Crippen LogP contribution in [0.5, 0.6) is 0 Å². The molecule has 112 valence electrons. The standard InChI is InChI=1S/C15H21BrCl2N2/c1-15(2,3)12-9-20(8-4-7-19-12)11-6-5-10(16)13(17)14(11)18/h5-6,12,19H,4,7-9H2,1-3H3. The summed E-state index contributed by atoms with van der Waals surface area (Å²) in [7, 11) is 0. The lowest BCUT2D eigenvalue weighted by Crippen LogP contribution is -2.46. The van der Waals surface area contributed by atoms with Crippen LogP contribution in [0.25, 0.3) is 0 Å². The molecule has 2 rings (SSSR count). The minimum Gasteiger partial charge on any atom is -0.369 e. The molecule has 0 aromatic heterocycles. The predicted molar refractivity (Wildman–Crippen MR) is 92.2 cm³/mol. The van der Waals surface area contributed by atoms with Crippen LogP contribution in [-0.4, -0.2) is 25.7 Å². The Labute approximate surface area is 139 Å². The highest BCUT2D eigenvalue weighted by Gasteiger charge is 2.29. The van der Waals surface area contributed by atoms with Gasteiger partial charge in [-0.3, -0.25) is 0 Å². The number of rotatable bonds is 1. The molecule has 0 amide bonds. The third kappa shape index (κ3) is 3.62. The fraction of sp³-hybridized carbons (Fsp3) is 0.600. The van der Waals surface area contributed by atoms with Gasteiger partial charge in [0.2, 0.25) is 0 Å². The molecule has 1 aliphatic rings. The van der Waals surface area contributed by atoms with Crippen LogP contribution in [0.2, 0.25) is 10.0 Å². The van der Waals surface area contributed by atoms with Crippen molar-refractivity contribution in [1.29, 1.82) is 0 Å². The van der Waals surface area contributed by atoms with Gasteiger partial charge in [0.25, 0.3) is 0 Å². The SMILES string of the molecule is CC(C)(C)C1CN(c2ccc(Br)c(Cl)c2Cl)CCCN1. The van der Waals surface area contributed by atoms with E-state index in [1.54, 1.807) is 0 Å². The highest BCUT2D eigenvalue weighted by Crippen LogP contribution is 2.38. The lowest BCUT2D eigenvalue weighted by atomic mass is 9.86. The lowest BCUT2D eigenvalue weighted by molar-refractivity contribution is 0.280. The van der Waals surface area contributed by atoms with Gasteiger partial charge in [0.05, 0.1) is 15.7 Å². The fourth-order valence-electron chi connectivity index (χ4n) is 2.48. The first-order valence-electron chi connectivity index (χ1n) is 6.92. The van der Waals surface area contributed by atoms with E-state index in [9.17, 15) is 0 Å². The summed E-state index contributed by atoms with van der Waals surface area (Å²) in [4.78, 5) is 2.34. The number of nitrogens with zero attached hydrogens (tertiary/aromatic N) is 1. The molecule has 5 heteroatoms. The van der Waals surface area contributed by atoms with Crippen LogP contribution in [-0.2, 0) is 0 Å². The van der Waals surface area contributed by atoms with Crippen molar-refractivity contribution in [3.05, 3.63) is 26.7 Å². The minimum absolute atomic E-state index is 0.216. The van der Waals surface area contributed by atoms with Crippen LogP contribution < -0.4 is 10.2 Å². The molecule has 1 aliphatic heterocycles. The average Bonchev–Trinajstić information content (AvgIpc) is 2.61. The maximum absolute atomic E-state index is 6.42. The second kappa shape index (κ2) is 6.43. The van der Waals surface area contributed by atoms with Crippen molar-refractivity contribution in [2.45, 2.75) is 33.2 Å². The number of hydrogen-bond donors (Lipinski definition) is 1.